The number of rotatable bonds is 3. The summed E-state index contributed by atoms with van der Waals surface area (Å²) < 4.78 is 10.2. The van der Waals surface area contributed by atoms with Gasteiger partial charge in [0.15, 0.2) is 0 Å². The number of nitrogens with one attached hydrogen (secondary N) is 1. The van der Waals surface area contributed by atoms with Crippen molar-refractivity contribution in [2.75, 3.05) is 11.9 Å². The second kappa shape index (κ2) is 8.53. The molecule has 5 heteroatoms. The van der Waals surface area contributed by atoms with Gasteiger partial charge in [0.25, 0.3) is 0 Å². The van der Waals surface area contributed by atoms with Gasteiger partial charge in [-0.3, -0.25) is 4.79 Å². The van der Waals surface area contributed by atoms with Gasteiger partial charge in [-0.25, -0.2) is 4.79 Å². The van der Waals surface area contributed by atoms with Crippen molar-refractivity contribution in [1.29, 1.82) is 0 Å². The number of amides is 1. The number of ether oxygens (including phenoxy) is 1. The van der Waals surface area contributed by atoms with Gasteiger partial charge < -0.3 is 14.5 Å². The Bertz CT molecular complexity index is 853. The zero-order valence-electron chi connectivity index (χ0n) is 13.6. The molecular formula is C19H19NO4. The molecule has 1 heterocycles. The van der Waals surface area contributed by atoms with Gasteiger partial charge in [0.1, 0.15) is 11.3 Å². The number of hydrogen-bond acceptors (Lipinski definition) is 4. The SMILES string of the molecule is CCOc1ccc(NC(C)=O)cc1.O=c1ccc2ccccc2o1. The zero-order valence-corrected chi connectivity index (χ0v) is 13.6. The van der Waals surface area contributed by atoms with E-state index in [-0.39, 0.29) is 11.5 Å². The Morgan fingerprint density at radius 3 is 2.42 bits per heavy atom. The summed E-state index contributed by atoms with van der Waals surface area (Å²) in [4.78, 5) is 21.4. The summed E-state index contributed by atoms with van der Waals surface area (Å²) in [5, 5.41) is 3.63. The highest BCUT2D eigenvalue weighted by Crippen LogP contribution is 2.15. The van der Waals surface area contributed by atoms with Crippen molar-refractivity contribution in [3.8, 4) is 5.75 Å². The minimum absolute atomic E-state index is 0.0656. The van der Waals surface area contributed by atoms with Gasteiger partial charge in [0.05, 0.1) is 6.61 Å². The van der Waals surface area contributed by atoms with E-state index in [0.29, 0.717) is 12.2 Å². The summed E-state index contributed by atoms with van der Waals surface area (Å²) in [6.45, 7) is 4.07. The normalized spacial score (nSPS) is 9.75. The lowest BCUT2D eigenvalue weighted by atomic mass is 10.2. The number of benzene rings is 2. The number of anilines is 1. The topological polar surface area (TPSA) is 68.5 Å². The van der Waals surface area contributed by atoms with Crippen LogP contribution >= 0.6 is 0 Å². The standard InChI is InChI=1S/C10H13NO2.C9H6O2/c1-3-13-10-6-4-9(5-7-10)11-8(2)12;10-9-6-5-7-3-1-2-4-8(7)11-9/h4-7H,3H2,1-2H3,(H,11,12);1-6H. The summed E-state index contributed by atoms with van der Waals surface area (Å²) in [5.74, 6) is 0.751. The Labute approximate surface area is 139 Å². The van der Waals surface area contributed by atoms with Crippen LogP contribution in [0.25, 0.3) is 11.0 Å². The quantitative estimate of drug-likeness (QED) is 0.743. The molecule has 0 aliphatic heterocycles. The molecule has 0 atom stereocenters. The highest BCUT2D eigenvalue weighted by atomic mass is 16.5. The molecule has 0 unspecified atom stereocenters. The number of para-hydroxylation sites is 1. The number of fused-ring (bicyclic) bond motifs is 1. The molecule has 0 bridgehead atoms. The third-order valence-electron chi connectivity index (χ3n) is 3.01. The van der Waals surface area contributed by atoms with Crippen molar-refractivity contribution in [2.45, 2.75) is 13.8 Å². The number of carbonyl (C=O) groups excluding carboxylic acids is 1. The van der Waals surface area contributed by atoms with Crippen LogP contribution in [0.2, 0.25) is 0 Å². The van der Waals surface area contributed by atoms with Crippen LogP contribution < -0.4 is 15.7 Å². The summed E-state index contributed by atoms with van der Waals surface area (Å²) in [5.41, 5.74) is 1.12. The van der Waals surface area contributed by atoms with E-state index in [1.54, 1.807) is 12.1 Å². The molecule has 124 valence electrons. The minimum Gasteiger partial charge on any atom is -0.494 e. The molecule has 0 saturated carbocycles. The first-order chi connectivity index (χ1) is 11.6. The lowest BCUT2D eigenvalue weighted by molar-refractivity contribution is -0.114. The predicted octanol–water partition coefficient (Wildman–Crippen LogP) is 3.84. The van der Waals surface area contributed by atoms with Crippen LogP contribution in [0.3, 0.4) is 0 Å². The van der Waals surface area contributed by atoms with Crippen molar-refractivity contribution in [3.05, 3.63) is 71.1 Å². The van der Waals surface area contributed by atoms with Crippen LogP contribution in [-0.4, -0.2) is 12.5 Å². The van der Waals surface area contributed by atoms with Crippen LogP contribution in [0.1, 0.15) is 13.8 Å². The van der Waals surface area contributed by atoms with Crippen LogP contribution in [0.4, 0.5) is 5.69 Å². The van der Waals surface area contributed by atoms with E-state index in [1.165, 1.54) is 13.0 Å². The Balaban J connectivity index is 0.000000175. The molecule has 0 aliphatic rings. The van der Waals surface area contributed by atoms with E-state index < -0.39 is 0 Å². The van der Waals surface area contributed by atoms with Crippen LogP contribution in [-0.2, 0) is 4.79 Å². The number of hydrogen-bond donors (Lipinski definition) is 1. The first-order valence-corrected chi connectivity index (χ1v) is 7.58. The molecule has 0 fully saturated rings. The maximum absolute atomic E-state index is 10.7. The van der Waals surface area contributed by atoms with Crippen molar-refractivity contribution in [1.82, 2.24) is 0 Å². The minimum atomic E-state index is -0.302. The summed E-state index contributed by atoms with van der Waals surface area (Å²) in [6, 6.07) is 17.9. The van der Waals surface area contributed by atoms with E-state index >= 15 is 0 Å². The molecule has 1 aromatic heterocycles. The van der Waals surface area contributed by atoms with Gasteiger partial charge >= 0.3 is 5.63 Å². The fourth-order valence-electron chi connectivity index (χ4n) is 2.02. The molecule has 0 saturated heterocycles. The number of carbonyl (C=O) groups is 1. The van der Waals surface area contributed by atoms with Crippen LogP contribution in [0.15, 0.2) is 69.9 Å². The molecule has 1 N–H and O–H groups in total. The lowest BCUT2D eigenvalue weighted by Crippen LogP contribution is -2.05. The maximum atomic E-state index is 10.7. The first-order valence-electron chi connectivity index (χ1n) is 7.58. The van der Waals surface area contributed by atoms with E-state index in [1.807, 2.05) is 49.4 Å². The predicted molar refractivity (Wildman–Crippen MR) is 94.4 cm³/mol. The summed E-state index contributed by atoms with van der Waals surface area (Å²) in [7, 11) is 0. The Hall–Kier alpha value is -3.08. The van der Waals surface area contributed by atoms with E-state index in [2.05, 4.69) is 5.32 Å². The van der Waals surface area contributed by atoms with Gasteiger partial charge in [0.2, 0.25) is 5.91 Å². The van der Waals surface area contributed by atoms with Gasteiger partial charge in [-0.05, 0) is 43.3 Å². The van der Waals surface area contributed by atoms with E-state index in [0.717, 1.165) is 16.8 Å². The molecule has 1 amide bonds. The van der Waals surface area contributed by atoms with Crippen molar-refractivity contribution < 1.29 is 13.9 Å². The van der Waals surface area contributed by atoms with E-state index in [4.69, 9.17) is 9.15 Å². The summed E-state index contributed by atoms with van der Waals surface area (Å²) in [6.07, 6.45) is 0. The fourth-order valence-corrected chi connectivity index (χ4v) is 2.02. The van der Waals surface area contributed by atoms with Gasteiger partial charge in [-0.15, -0.1) is 0 Å². The van der Waals surface area contributed by atoms with Gasteiger partial charge in [-0.1, -0.05) is 18.2 Å². The molecule has 3 aromatic rings. The van der Waals surface area contributed by atoms with Crippen LogP contribution in [0, 0.1) is 0 Å². The summed E-state index contributed by atoms with van der Waals surface area (Å²) >= 11 is 0. The Morgan fingerprint density at radius 2 is 1.75 bits per heavy atom. The fraction of sp³-hybridized carbons (Fsp3) is 0.158. The Kier molecular flexibility index (Phi) is 6.14. The molecule has 24 heavy (non-hydrogen) atoms. The van der Waals surface area contributed by atoms with Crippen LogP contribution in [0.5, 0.6) is 5.75 Å². The molecule has 0 spiro atoms. The second-order valence-electron chi connectivity index (χ2n) is 4.93. The smallest absolute Gasteiger partial charge is 0.336 e. The molecule has 0 aliphatic carbocycles. The highest BCUT2D eigenvalue weighted by Gasteiger charge is 1.95. The molecule has 3 rings (SSSR count). The average molecular weight is 325 g/mol. The van der Waals surface area contributed by atoms with Gasteiger partial charge in [0, 0.05) is 24.1 Å². The van der Waals surface area contributed by atoms with Gasteiger partial charge in [-0.2, -0.15) is 0 Å². The molecule has 0 radical (unpaired) electrons. The van der Waals surface area contributed by atoms with Crippen molar-refractivity contribution in [3.63, 3.8) is 0 Å². The third kappa shape index (κ3) is 5.28. The lowest BCUT2D eigenvalue weighted by Gasteiger charge is -2.04. The van der Waals surface area contributed by atoms with Crippen molar-refractivity contribution >= 4 is 22.6 Å². The highest BCUT2D eigenvalue weighted by molar-refractivity contribution is 5.88. The monoisotopic (exact) mass is 325 g/mol. The average Bonchev–Trinajstić information content (AvgIpc) is 2.57. The molecular weight excluding hydrogens is 306 g/mol. The molecule has 2 aromatic carbocycles. The van der Waals surface area contributed by atoms with Crippen molar-refractivity contribution in [2.24, 2.45) is 0 Å². The molecule has 5 nitrogen and oxygen atoms in total. The largest absolute Gasteiger partial charge is 0.494 e. The first kappa shape index (κ1) is 17.3. The third-order valence-corrected chi connectivity index (χ3v) is 3.01. The second-order valence-corrected chi connectivity index (χ2v) is 4.93. The Morgan fingerprint density at radius 1 is 1.04 bits per heavy atom. The maximum Gasteiger partial charge on any atom is 0.336 e. The van der Waals surface area contributed by atoms with E-state index in [9.17, 15) is 9.59 Å². The zero-order chi connectivity index (χ0) is 17.4.